The predicted molar refractivity (Wildman–Crippen MR) is 109 cm³/mol. The van der Waals surface area contributed by atoms with Crippen LogP contribution in [0.15, 0.2) is 43.1 Å². The van der Waals surface area contributed by atoms with Gasteiger partial charge in [-0.3, -0.25) is 19.5 Å². The molecule has 0 aliphatic carbocycles. The lowest BCUT2D eigenvalue weighted by Gasteiger charge is -2.51. The fourth-order valence-corrected chi connectivity index (χ4v) is 4.84. The Bertz CT molecular complexity index is 957. The molecule has 3 saturated heterocycles. The van der Waals surface area contributed by atoms with Gasteiger partial charge in [-0.25, -0.2) is 0 Å². The molecule has 0 amide bonds. The van der Waals surface area contributed by atoms with Crippen molar-refractivity contribution in [2.45, 2.75) is 38.8 Å². The zero-order valence-corrected chi connectivity index (χ0v) is 16.8. The second-order valence-corrected chi connectivity index (χ2v) is 7.95. The minimum atomic E-state index is -0.404. The van der Waals surface area contributed by atoms with Gasteiger partial charge in [0.05, 0.1) is 11.6 Å². The molecule has 4 heterocycles. The molecule has 2 bridgehead atoms. The van der Waals surface area contributed by atoms with Gasteiger partial charge in [0.25, 0.3) is 0 Å². The number of hydrogen-bond donors (Lipinski definition) is 0. The Balaban J connectivity index is 1.76. The van der Waals surface area contributed by atoms with Crippen molar-refractivity contribution in [2.75, 3.05) is 13.1 Å². The number of rotatable bonds is 5. The molecular formula is C23H26N2O4. The zero-order valence-electron chi connectivity index (χ0n) is 16.8. The fourth-order valence-electron chi connectivity index (χ4n) is 4.84. The third-order valence-corrected chi connectivity index (χ3v) is 6.11. The van der Waals surface area contributed by atoms with E-state index in [1.54, 1.807) is 18.3 Å². The highest BCUT2D eigenvalue weighted by atomic mass is 16.5. The van der Waals surface area contributed by atoms with Crippen LogP contribution in [0.2, 0.25) is 0 Å². The summed E-state index contributed by atoms with van der Waals surface area (Å²) in [4.78, 5) is 30.2. The van der Waals surface area contributed by atoms with E-state index in [0.717, 1.165) is 42.4 Å². The maximum absolute atomic E-state index is 12.0. The maximum Gasteiger partial charge on any atom is 0.308 e. The number of esters is 2. The van der Waals surface area contributed by atoms with E-state index in [-0.39, 0.29) is 18.0 Å². The van der Waals surface area contributed by atoms with Crippen LogP contribution in [0.25, 0.3) is 10.9 Å². The third kappa shape index (κ3) is 3.90. The van der Waals surface area contributed by atoms with Crippen LogP contribution in [-0.2, 0) is 14.3 Å². The van der Waals surface area contributed by atoms with Gasteiger partial charge in [0.2, 0.25) is 0 Å². The molecule has 0 radical (unpaired) electrons. The second-order valence-electron chi connectivity index (χ2n) is 7.95. The summed E-state index contributed by atoms with van der Waals surface area (Å²) in [5.74, 6) is 0.822. The van der Waals surface area contributed by atoms with Gasteiger partial charge in [0.15, 0.2) is 0 Å². The molecule has 3 fully saturated rings. The van der Waals surface area contributed by atoms with Crippen molar-refractivity contribution < 1.29 is 19.1 Å². The number of carbonyl (C=O) groups excluding carboxylic acids is 2. The number of benzene rings is 1. The number of hydrogen-bond acceptors (Lipinski definition) is 6. The number of nitrogens with zero attached hydrogens (tertiary/aromatic N) is 2. The molecule has 2 aromatic rings. The van der Waals surface area contributed by atoms with Crippen LogP contribution in [0.5, 0.6) is 5.75 Å². The summed E-state index contributed by atoms with van der Waals surface area (Å²) in [7, 11) is 0. The van der Waals surface area contributed by atoms with E-state index in [2.05, 4.69) is 22.5 Å². The SMILES string of the molecule is C=CC1CN2CCC1C[C@@H]2[C@@H](OC(C)=O)c1ccnc2ccc(OC(C)=O)cc12. The van der Waals surface area contributed by atoms with Gasteiger partial charge in [-0.1, -0.05) is 6.08 Å². The first-order valence-corrected chi connectivity index (χ1v) is 10.1. The molecule has 6 heteroatoms. The quantitative estimate of drug-likeness (QED) is 0.438. The minimum absolute atomic E-state index is 0.108. The van der Waals surface area contributed by atoms with Crippen molar-refractivity contribution in [1.29, 1.82) is 0 Å². The average Bonchev–Trinajstić information content (AvgIpc) is 2.71. The Hall–Kier alpha value is -2.73. The molecule has 3 aliphatic rings. The van der Waals surface area contributed by atoms with Crippen molar-refractivity contribution in [2.24, 2.45) is 11.8 Å². The molecule has 5 atom stereocenters. The van der Waals surface area contributed by atoms with Gasteiger partial charge in [-0.15, -0.1) is 6.58 Å². The second kappa shape index (κ2) is 7.95. The number of fused-ring (bicyclic) bond motifs is 4. The topological polar surface area (TPSA) is 68.7 Å². The molecule has 1 aromatic carbocycles. The van der Waals surface area contributed by atoms with Gasteiger partial charge < -0.3 is 9.47 Å². The molecule has 152 valence electrons. The summed E-state index contributed by atoms with van der Waals surface area (Å²) in [5, 5.41) is 0.834. The van der Waals surface area contributed by atoms with Crippen molar-refractivity contribution >= 4 is 22.8 Å². The highest BCUT2D eigenvalue weighted by Crippen LogP contribution is 2.43. The van der Waals surface area contributed by atoms with Crippen molar-refractivity contribution in [3.8, 4) is 5.75 Å². The number of pyridine rings is 1. The van der Waals surface area contributed by atoms with Crippen LogP contribution < -0.4 is 4.74 Å². The normalized spacial score (nSPS) is 26.7. The van der Waals surface area contributed by atoms with E-state index in [1.165, 1.54) is 13.8 Å². The van der Waals surface area contributed by atoms with Gasteiger partial charge in [0, 0.05) is 37.5 Å². The Morgan fingerprint density at radius 2 is 2.10 bits per heavy atom. The van der Waals surface area contributed by atoms with Crippen molar-refractivity contribution in [1.82, 2.24) is 9.88 Å². The van der Waals surface area contributed by atoms with Gasteiger partial charge in [-0.05, 0) is 55.5 Å². The highest BCUT2D eigenvalue weighted by Gasteiger charge is 2.44. The summed E-state index contributed by atoms with van der Waals surface area (Å²) >= 11 is 0. The molecule has 0 spiro atoms. The minimum Gasteiger partial charge on any atom is -0.456 e. The number of carbonyl (C=O) groups is 2. The molecule has 5 rings (SSSR count). The molecule has 29 heavy (non-hydrogen) atoms. The van der Waals surface area contributed by atoms with E-state index in [1.807, 2.05) is 12.1 Å². The molecule has 3 unspecified atom stereocenters. The van der Waals surface area contributed by atoms with Crippen LogP contribution in [0.4, 0.5) is 0 Å². The molecule has 3 aliphatic heterocycles. The van der Waals surface area contributed by atoms with E-state index in [4.69, 9.17) is 9.47 Å². The summed E-state index contributed by atoms with van der Waals surface area (Å²) < 4.78 is 11.2. The highest BCUT2D eigenvalue weighted by molar-refractivity contribution is 5.85. The standard InChI is InChI=1S/C23H26N2O4/c1-4-16-13-25-10-8-17(16)11-22(25)23(29-15(3)27)19-7-9-24-21-6-5-18(12-20(19)21)28-14(2)26/h4-7,9,12,16-17,22-23H,1,8,10-11,13H2,2-3H3/t16?,17?,22-,23+/m1/s1. The summed E-state index contributed by atoms with van der Waals surface area (Å²) in [6.45, 7) is 8.76. The predicted octanol–water partition coefficient (Wildman–Crippen LogP) is 3.66. The average molecular weight is 394 g/mol. The van der Waals surface area contributed by atoms with Crippen LogP contribution in [0, 0.1) is 11.8 Å². The first-order chi connectivity index (χ1) is 14.0. The lowest BCUT2D eigenvalue weighted by atomic mass is 9.73. The van der Waals surface area contributed by atoms with Crippen molar-refractivity contribution in [3.05, 3.63) is 48.7 Å². The van der Waals surface area contributed by atoms with Crippen LogP contribution >= 0.6 is 0 Å². The Morgan fingerprint density at radius 1 is 1.28 bits per heavy atom. The zero-order chi connectivity index (χ0) is 20.5. The molecular weight excluding hydrogens is 368 g/mol. The lowest BCUT2D eigenvalue weighted by molar-refractivity contribution is -0.154. The van der Waals surface area contributed by atoms with Crippen LogP contribution in [0.1, 0.15) is 38.4 Å². The molecule has 6 nitrogen and oxygen atoms in total. The fraction of sp³-hybridized carbons (Fsp3) is 0.435. The Morgan fingerprint density at radius 3 is 2.76 bits per heavy atom. The number of ether oxygens (including phenoxy) is 2. The smallest absolute Gasteiger partial charge is 0.308 e. The third-order valence-electron chi connectivity index (χ3n) is 6.11. The summed E-state index contributed by atoms with van der Waals surface area (Å²) in [6.07, 6.45) is 5.50. The van der Waals surface area contributed by atoms with Crippen LogP contribution in [0.3, 0.4) is 0 Å². The van der Waals surface area contributed by atoms with E-state index in [0.29, 0.717) is 17.6 Å². The Labute approximate surface area is 170 Å². The Kier molecular flexibility index (Phi) is 5.37. The van der Waals surface area contributed by atoms with Crippen molar-refractivity contribution in [3.63, 3.8) is 0 Å². The first-order valence-electron chi connectivity index (χ1n) is 10.1. The van der Waals surface area contributed by atoms with Crippen LogP contribution in [-0.4, -0.2) is 41.0 Å². The van der Waals surface area contributed by atoms with Gasteiger partial charge >= 0.3 is 11.9 Å². The van der Waals surface area contributed by atoms with E-state index in [9.17, 15) is 9.59 Å². The summed E-state index contributed by atoms with van der Waals surface area (Å²) in [5.41, 5.74) is 1.67. The van der Waals surface area contributed by atoms with Gasteiger partial charge in [-0.2, -0.15) is 0 Å². The monoisotopic (exact) mass is 394 g/mol. The number of piperidine rings is 3. The summed E-state index contributed by atoms with van der Waals surface area (Å²) in [6, 6.07) is 7.36. The first kappa shape index (κ1) is 19.6. The van der Waals surface area contributed by atoms with E-state index >= 15 is 0 Å². The maximum atomic E-state index is 12.0. The lowest BCUT2D eigenvalue weighted by Crippen LogP contribution is -2.55. The molecule has 1 aromatic heterocycles. The van der Waals surface area contributed by atoms with E-state index < -0.39 is 6.10 Å². The molecule has 0 saturated carbocycles. The molecule has 0 N–H and O–H groups in total. The number of aromatic nitrogens is 1. The largest absolute Gasteiger partial charge is 0.456 e. The van der Waals surface area contributed by atoms with Gasteiger partial charge in [0.1, 0.15) is 11.9 Å².